The summed E-state index contributed by atoms with van der Waals surface area (Å²) in [5.74, 6) is 0.173. The van der Waals surface area contributed by atoms with Crippen LogP contribution in [0.5, 0.6) is 0 Å². The number of halogens is 1. The fraction of sp³-hybridized carbons (Fsp3) is 0.667. The molecule has 5 rings (SSSR count). The summed E-state index contributed by atoms with van der Waals surface area (Å²) in [6.45, 7) is 5.82. The molecule has 4 aliphatic rings. The van der Waals surface area contributed by atoms with Gasteiger partial charge in [-0.2, -0.15) is 0 Å². The van der Waals surface area contributed by atoms with Crippen molar-refractivity contribution < 1.29 is 19.1 Å². The van der Waals surface area contributed by atoms with Crippen LogP contribution < -0.4 is 5.32 Å². The normalized spacial score (nSPS) is 33.0. The van der Waals surface area contributed by atoms with Crippen LogP contribution in [0, 0.1) is 24.7 Å². The Kier molecular flexibility index (Phi) is 4.99. The third kappa shape index (κ3) is 3.93. The van der Waals surface area contributed by atoms with Crippen molar-refractivity contribution in [2.24, 2.45) is 17.8 Å². The van der Waals surface area contributed by atoms with E-state index < -0.39 is 17.1 Å². The van der Waals surface area contributed by atoms with E-state index in [-0.39, 0.29) is 30.2 Å². The van der Waals surface area contributed by atoms with Crippen LogP contribution >= 0.6 is 0 Å². The second kappa shape index (κ2) is 7.10. The summed E-state index contributed by atoms with van der Waals surface area (Å²) in [4.78, 5) is 24.2. The molecule has 29 heavy (non-hydrogen) atoms. The number of carboxylic acid groups (broad SMARTS) is 1. The Hall–Kier alpha value is -1.91. The van der Waals surface area contributed by atoms with Crippen LogP contribution in [0.4, 0.5) is 4.39 Å². The highest BCUT2D eigenvalue weighted by Crippen LogP contribution is 2.57. The van der Waals surface area contributed by atoms with Crippen molar-refractivity contribution in [2.45, 2.75) is 82.8 Å². The van der Waals surface area contributed by atoms with Crippen molar-refractivity contribution >= 4 is 11.9 Å². The summed E-state index contributed by atoms with van der Waals surface area (Å²) in [7, 11) is 0. The largest absolute Gasteiger partial charge is 0.481 e. The molecule has 0 aromatic heterocycles. The van der Waals surface area contributed by atoms with Crippen LogP contribution in [-0.2, 0) is 21.4 Å². The maximum Gasteiger partial charge on any atom is 0.303 e. The average molecular weight is 402 g/mol. The first-order valence-corrected chi connectivity index (χ1v) is 10.9. The third-order valence-corrected chi connectivity index (χ3v) is 7.55. The van der Waals surface area contributed by atoms with Crippen LogP contribution in [0.3, 0.4) is 0 Å². The lowest BCUT2D eigenvalue weighted by Gasteiger charge is -2.57. The Bertz CT molecular complexity index is 817. The highest BCUT2D eigenvalue weighted by molar-refractivity contribution is 5.87. The Labute approximate surface area is 172 Å². The third-order valence-electron chi connectivity index (χ3n) is 7.55. The highest BCUT2D eigenvalue weighted by Gasteiger charge is 2.56. The molecular formula is C24H32FNO3. The zero-order valence-electron chi connectivity index (χ0n) is 17.6. The van der Waals surface area contributed by atoms with E-state index in [1.165, 1.54) is 0 Å². The monoisotopic (exact) mass is 401 g/mol. The van der Waals surface area contributed by atoms with Gasteiger partial charge in [0.2, 0.25) is 5.91 Å². The molecule has 2 atom stereocenters. The molecule has 4 nitrogen and oxygen atoms in total. The fourth-order valence-corrected chi connectivity index (χ4v) is 6.24. The molecule has 4 bridgehead atoms. The van der Waals surface area contributed by atoms with Gasteiger partial charge >= 0.3 is 5.97 Å². The second-order valence-electron chi connectivity index (χ2n) is 10.3. The molecule has 5 heteroatoms. The van der Waals surface area contributed by atoms with Gasteiger partial charge in [-0.15, -0.1) is 0 Å². The van der Waals surface area contributed by atoms with Crippen molar-refractivity contribution in [3.8, 4) is 0 Å². The number of nitrogens with one attached hydrogen (secondary N) is 1. The van der Waals surface area contributed by atoms with Gasteiger partial charge < -0.3 is 10.4 Å². The molecule has 4 saturated carbocycles. The molecule has 2 N–H and O–H groups in total. The van der Waals surface area contributed by atoms with Crippen LogP contribution in [0.25, 0.3) is 0 Å². The standard InChI is InChI=1S/C24H32FNO3/c1-14-6-15(4-5-20(27)28)10-19(7-14)23(2,3)22(29)26-21-17-8-16-9-18(21)13-24(25,11-16)12-17/h6-7,10,16-18,21H,4-5,8-9,11-13H2,1-3H3,(H,26,29)(H,27,28)/t16?,17-,18-,21?,24?/m1/s1. The second-order valence-corrected chi connectivity index (χ2v) is 10.3. The Morgan fingerprint density at radius 1 is 1.17 bits per heavy atom. The molecule has 0 spiro atoms. The first-order chi connectivity index (χ1) is 13.6. The number of aliphatic carboxylic acids is 1. The van der Waals surface area contributed by atoms with Crippen molar-refractivity contribution in [1.82, 2.24) is 5.32 Å². The number of rotatable bonds is 6. The van der Waals surface area contributed by atoms with Gasteiger partial charge in [-0.05, 0) is 88.2 Å². The fourth-order valence-electron chi connectivity index (χ4n) is 6.24. The number of carbonyl (C=O) groups excluding carboxylic acids is 1. The van der Waals surface area contributed by atoms with E-state index in [4.69, 9.17) is 5.11 Å². The first kappa shape index (κ1) is 20.4. The zero-order chi connectivity index (χ0) is 21.0. The molecule has 0 heterocycles. The van der Waals surface area contributed by atoms with Gasteiger partial charge in [-0.3, -0.25) is 9.59 Å². The number of aryl methyl sites for hydroxylation is 2. The lowest BCUT2D eigenvalue weighted by atomic mass is 9.53. The summed E-state index contributed by atoms with van der Waals surface area (Å²) in [5, 5.41) is 12.3. The highest BCUT2D eigenvalue weighted by atomic mass is 19.1. The number of hydrogen-bond donors (Lipinski definition) is 2. The van der Waals surface area contributed by atoms with Gasteiger partial charge in [-0.25, -0.2) is 4.39 Å². The molecule has 158 valence electrons. The van der Waals surface area contributed by atoms with Gasteiger partial charge in [0.1, 0.15) is 5.67 Å². The van der Waals surface area contributed by atoms with E-state index in [9.17, 15) is 14.0 Å². The maximum absolute atomic E-state index is 15.0. The minimum Gasteiger partial charge on any atom is -0.481 e. The Morgan fingerprint density at radius 3 is 2.41 bits per heavy atom. The number of carbonyl (C=O) groups is 2. The summed E-state index contributed by atoms with van der Waals surface area (Å²) in [6, 6.07) is 6.04. The Morgan fingerprint density at radius 2 is 1.83 bits per heavy atom. The predicted molar refractivity (Wildman–Crippen MR) is 109 cm³/mol. The van der Waals surface area contributed by atoms with Crippen LogP contribution in [-0.4, -0.2) is 28.7 Å². The minimum absolute atomic E-state index is 0.0160. The van der Waals surface area contributed by atoms with E-state index in [1.54, 1.807) is 0 Å². The molecule has 0 saturated heterocycles. The van der Waals surface area contributed by atoms with E-state index in [0.29, 0.717) is 31.6 Å². The first-order valence-electron chi connectivity index (χ1n) is 10.9. The van der Waals surface area contributed by atoms with Gasteiger partial charge in [0.05, 0.1) is 5.41 Å². The van der Waals surface area contributed by atoms with Gasteiger partial charge in [0.25, 0.3) is 0 Å². The number of hydrogen-bond acceptors (Lipinski definition) is 2. The summed E-state index contributed by atoms with van der Waals surface area (Å²) >= 11 is 0. The topological polar surface area (TPSA) is 66.4 Å². The average Bonchev–Trinajstić information content (AvgIpc) is 2.61. The van der Waals surface area contributed by atoms with Crippen LogP contribution in [0.2, 0.25) is 0 Å². The zero-order valence-corrected chi connectivity index (χ0v) is 17.6. The summed E-state index contributed by atoms with van der Waals surface area (Å²) in [5.41, 5.74) is 1.14. The van der Waals surface area contributed by atoms with E-state index in [1.807, 2.05) is 39.0 Å². The van der Waals surface area contributed by atoms with Gasteiger partial charge in [0, 0.05) is 12.5 Å². The number of carboxylic acids is 1. The summed E-state index contributed by atoms with van der Waals surface area (Å²) < 4.78 is 15.0. The number of benzene rings is 1. The SMILES string of the molecule is Cc1cc(CCC(=O)O)cc(C(C)(C)C(=O)NC2[C@@H]3CC4C[C@@H]2CC(F)(C4)C3)c1. The maximum atomic E-state index is 15.0. The number of amides is 1. The van der Waals surface area contributed by atoms with Crippen molar-refractivity contribution in [3.63, 3.8) is 0 Å². The summed E-state index contributed by atoms with van der Waals surface area (Å²) in [6.07, 6.45) is 4.51. The number of alkyl halides is 1. The molecule has 4 aliphatic carbocycles. The van der Waals surface area contributed by atoms with Crippen molar-refractivity contribution in [1.29, 1.82) is 0 Å². The van der Waals surface area contributed by atoms with E-state index >= 15 is 0 Å². The van der Waals surface area contributed by atoms with Gasteiger partial charge in [0.15, 0.2) is 0 Å². The van der Waals surface area contributed by atoms with E-state index in [0.717, 1.165) is 29.5 Å². The van der Waals surface area contributed by atoms with Crippen LogP contribution in [0.1, 0.15) is 69.1 Å². The molecule has 0 radical (unpaired) electrons. The van der Waals surface area contributed by atoms with E-state index in [2.05, 4.69) is 5.32 Å². The smallest absolute Gasteiger partial charge is 0.303 e. The molecule has 1 aromatic carbocycles. The van der Waals surface area contributed by atoms with Crippen molar-refractivity contribution in [2.75, 3.05) is 0 Å². The molecule has 0 aliphatic heterocycles. The predicted octanol–water partition coefficient (Wildman–Crippen LogP) is 4.32. The lowest BCUT2D eigenvalue weighted by Crippen LogP contribution is -2.61. The molecule has 1 aromatic rings. The van der Waals surface area contributed by atoms with Crippen LogP contribution in [0.15, 0.2) is 18.2 Å². The molecular weight excluding hydrogens is 369 g/mol. The Balaban J connectivity index is 1.50. The minimum atomic E-state index is -0.997. The molecule has 4 fully saturated rings. The van der Waals surface area contributed by atoms with Crippen molar-refractivity contribution in [3.05, 3.63) is 34.9 Å². The molecule has 0 unspecified atom stereocenters. The molecule has 1 amide bonds. The van der Waals surface area contributed by atoms with Gasteiger partial charge in [-0.1, -0.05) is 23.8 Å². The lowest BCUT2D eigenvalue weighted by molar-refractivity contribution is -0.137. The quantitative estimate of drug-likeness (QED) is 0.746.